The van der Waals surface area contributed by atoms with Crippen LogP contribution in [0.3, 0.4) is 0 Å². The Bertz CT molecular complexity index is 794. The fourth-order valence-electron chi connectivity index (χ4n) is 3.22. The van der Waals surface area contributed by atoms with Gasteiger partial charge in [0.25, 0.3) is 5.91 Å². The van der Waals surface area contributed by atoms with E-state index in [1.54, 1.807) is 17.9 Å². The molecule has 25 heavy (non-hydrogen) atoms. The standard InChI is InChI=1S/C18H19B2N3O2/c1-12-8-13(16(24)22-14-6-4-3-5-7-14)9-21-15(12)23-11-17(2,25)10-18(23,19)20/h3-9,25H,10-11H2,1-2H3,(H,22,24)/t17-/m1/s1. The second-order valence-electron chi connectivity index (χ2n) is 6.94. The van der Waals surface area contributed by atoms with E-state index in [1.807, 2.05) is 37.3 Å². The third kappa shape index (κ3) is 3.71. The van der Waals surface area contributed by atoms with Crippen LogP contribution >= 0.6 is 0 Å². The average Bonchev–Trinajstić information content (AvgIpc) is 2.75. The lowest BCUT2D eigenvalue weighted by molar-refractivity contribution is 0.0815. The van der Waals surface area contributed by atoms with Crippen molar-refractivity contribution in [2.75, 3.05) is 16.8 Å². The first-order valence-corrected chi connectivity index (χ1v) is 8.09. The van der Waals surface area contributed by atoms with Crippen molar-refractivity contribution in [3.63, 3.8) is 0 Å². The molecule has 0 spiro atoms. The number of β-amino-alcohol motifs (C(OH)–C–C–N with tert-alkyl or cyclic N) is 1. The summed E-state index contributed by atoms with van der Waals surface area (Å²) in [6.07, 6.45) is 1.72. The lowest BCUT2D eigenvalue weighted by Crippen LogP contribution is -2.45. The highest BCUT2D eigenvalue weighted by atomic mass is 16.3. The minimum atomic E-state index is -1.19. The molecule has 0 saturated carbocycles. The first kappa shape index (κ1) is 17.5. The van der Waals surface area contributed by atoms with E-state index >= 15 is 0 Å². The summed E-state index contributed by atoms with van der Waals surface area (Å²) in [5, 5.41) is 11.9. The van der Waals surface area contributed by atoms with Gasteiger partial charge in [-0.3, -0.25) is 4.79 Å². The Morgan fingerprint density at radius 3 is 2.56 bits per heavy atom. The molecule has 3 rings (SSSR count). The topological polar surface area (TPSA) is 65.5 Å². The molecule has 2 N–H and O–H groups in total. The number of benzene rings is 1. The molecule has 0 unspecified atom stereocenters. The van der Waals surface area contributed by atoms with E-state index in [9.17, 15) is 9.90 Å². The maximum Gasteiger partial charge on any atom is 0.257 e. The summed E-state index contributed by atoms with van der Waals surface area (Å²) >= 11 is 0. The van der Waals surface area contributed by atoms with Crippen LogP contribution in [0, 0.1) is 6.92 Å². The molecule has 1 aromatic carbocycles. The van der Waals surface area contributed by atoms with Crippen LogP contribution in [0.4, 0.5) is 11.5 Å². The number of nitrogens with zero attached hydrogens (tertiary/aromatic N) is 2. The smallest absolute Gasteiger partial charge is 0.257 e. The van der Waals surface area contributed by atoms with Gasteiger partial charge in [0.15, 0.2) is 0 Å². The van der Waals surface area contributed by atoms with Gasteiger partial charge in [0.2, 0.25) is 0 Å². The number of pyridine rings is 1. The van der Waals surface area contributed by atoms with Crippen LogP contribution in [0.2, 0.25) is 0 Å². The van der Waals surface area contributed by atoms with Crippen LogP contribution in [-0.4, -0.2) is 49.2 Å². The number of carbonyl (C=O) groups excluding carboxylic acids is 1. The van der Waals surface area contributed by atoms with Crippen molar-refractivity contribution in [3.8, 4) is 0 Å². The number of aryl methyl sites for hydroxylation is 1. The van der Waals surface area contributed by atoms with Gasteiger partial charge in [-0.25, -0.2) is 4.98 Å². The van der Waals surface area contributed by atoms with E-state index in [4.69, 9.17) is 15.7 Å². The summed E-state index contributed by atoms with van der Waals surface area (Å²) in [4.78, 5) is 18.4. The SMILES string of the molecule is [B]C1([B])C[C@@](C)(O)CN1c1ncc(C(=O)Nc2ccccc2)cc1C. The Morgan fingerprint density at radius 1 is 1.32 bits per heavy atom. The molecule has 1 atom stereocenters. The number of hydrogen-bond donors (Lipinski definition) is 2. The quantitative estimate of drug-likeness (QED) is 0.839. The minimum absolute atomic E-state index is 0.233. The van der Waals surface area contributed by atoms with Crippen LogP contribution < -0.4 is 10.2 Å². The Balaban J connectivity index is 1.83. The van der Waals surface area contributed by atoms with Crippen molar-refractivity contribution < 1.29 is 9.90 Å². The van der Waals surface area contributed by atoms with Crippen molar-refractivity contribution in [2.45, 2.75) is 31.2 Å². The van der Waals surface area contributed by atoms with Gasteiger partial charge in [-0.15, -0.1) is 0 Å². The third-order valence-corrected chi connectivity index (χ3v) is 4.27. The molecule has 1 aliphatic heterocycles. The van der Waals surface area contributed by atoms with E-state index in [-0.39, 0.29) is 18.9 Å². The zero-order chi connectivity index (χ0) is 18.2. The minimum Gasteiger partial charge on any atom is -0.388 e. The van der Waals surface area contributed by atoms with E-state index in [1.165, 1.54) is 6.20 Å². The molecule has 1 aromatic heterocycles. The molecule has 7 heteroatoms. The number of amides is 1. The van der Waals surface area contributed by atoms with Gasteiger partial charge >= 0.3 is 0 Å². The lowest BCUT2D eigenvalue weighted by Gasteiger charge is -2.34. The number of para-hydroxylation sites is 1. The van der Waals surface area contributed by atoms with Crippen LogP contribution in [0.15, 0.2) is 42.6 Å². The first-order valence-electron chi connectivity index (χ1n) is 8.09. The zero-order valence-electron chi connectivity index (χ0n) is 14.4. The summed E-state index contributed by atoms with van der Waals surface area (Å²) in [6, 6.07) is 11.0. The van der Waals surface area contributed by atoms with Crippen molar-refractivity contribution in [1.29, 1.82) is 0 Å². The van der Waals surface area contributed by atoms with Crippen LogP contribution in [0.25, 0.3) is 0 Å². The summed E-state index contributed by atoms with van der Waals surface area (Å²) in [5.74, 6) is 0.326. The maximum atomic E-state index is 12.4. The zero-order valence-corrected chi connectivity index (χ0v) is 14.4. The van der Waals surface area contributed by atoms with Crippen molar-refractivity contribution in [3.05, 3.63) is 53.7 Å². The largest absolute Gasteiger partial charge is 0.388 e. The molecule has 0 aliphatic carbocycles. The molecule has 5 nitrogen and oxygen atoms in total. The summed E-state index contributed by atoms with van der Waals surface area (Å²) in [5.41, 5.74) is 0.934. The Morgan fingerprint density at radius 2 is 2.00 bits per heavy atom. The molecule has 124 valence electrons. The monoisotopic (exact) mass is 331 g/mol. The van der Waals surface area contributed by atoms with E-state index in [0.29, 0.717) is 17.1 Å². The van der Waals surface area contributed by atoms with Gasteiger partial charge in [0, 0.05) is 18.4 Å². The highest BCUT2D eigenvalue weighted by Gasteiger charge is 2.44. The normalized spacial score (nSPS) is 22.0. The maximum absolute atomic E-state index is 12.4. The number of anilines is 2. The van der Waals surface area contributed by atoms with Gasteiger partial charge in [-0.1, -0.05) is 18.2 Å². The Kier molecular flexibility index (Phi) is 4.37. The first-order chi connectivity index (χ1) is 11.7. The fourth-order valence-corrected chi connectivity index (χ4v) is 3.22. The second-order valence-corrected chi connectivity index (χ2v) is 6.94. The molecule has 0 bridgehead atoms. The van der Waals surface area contributed by atoms with Gasteiger partial charge in [-0.05, 0) is 49.4 Å². The molecule has 1 fully saturated rings. The highest BCUT2D eigenvalue weighted by Crippen LogP contribution is 2.36. The van der Waals surface area contributed by atoms with Crippen LogP contribution in [-0.2, 0) is 0 Å². The number of carbonyl (C=O) groups is 1. The number of hydrogen-bond acceptors (Lipinski definition) is 4. The number of aliphatic hydroxyl groups is 1. The van der Waals surface area contributed by atoms with E-state index < -0.39 is 10.9 Å². The predicted molar refractivity (Wildman–Crippen MR) is 100 cm³/mol. The van der Waals surface area contributed by atoms with Gasteiger partial charge in [0.1, 0.15) is 5.82 Å². The average molecular weight is 331 g/mol. The Hall–Kier alpha value is -2.27. The second kappa shape index (κ2) is 6.23. The molecule has 1 amide bonds. The third-order valence-electron chi connectivity index (χ3n) is 4.27. The molecule has 4 radical (unpaired) electrons. The summed E-state index contributed by atoms with van der Waals surface area (Å²) in [6.45, 7) is 3.81. The molecule has 1 aliphatic rings. The highest BCUT2D eigenvalue weighted by molar-refractivity contribution is 6.42. The fraction of sp³-hybridized carbons (Fsp3) is 0.333. The van der Waals surface area contributed by atoms with Crippen molar-refractivity contribution >= 4 is 33.1 Å². The van der Waals surface area contributed by atoms with E-state index in [2.05, 4.69) is 10.3 Å². The molecule has 2 aromatic rings. The summed E-state index contributed by atoms with van der Waals surface area (Å²) < 4.78 is 0. The Labute approximate surface area is 150 Å². The predicted octanol–water partition coefficient (Wildman–Crippen LogP) is 1.59. The number of nitrogens with one attached hydrogen (secondary N) is 1. The lowest BCUT2D eigenvalue weighted by atomic mass is 9.59. The van der Waals surface area contributed by atoms with Crippen LogP contribution in [0.1, 0.15) is 29.3 Å². The van der Waals surface area contributed by atoms with Crippen molar-refractivity contribution in [2.24, 2.45) is 0 Å². The van der Waals surface area contributed by atoms with Gasteiger partial charge < -0.3 is 15.3 Å². The molecular weight excluding hydrogens is 312 g/mol. The molecular formula is C18H19B2N3O2. The number of aromatic nitrogens is 1. The van der Waals surface area contributed by atoms with E-state index in [0.717, 1.165) is 5.56 Å². The number of rotatable bonds is 3. The van der Waals surface area contributed by atoms with Gasteiger partial charge in [0.05, 0.1) is 26.9 Å². The summed E-state index contributed by atoms with van der Waals surface area (Å²) in [7, 11) is 12.2. The van der Waals surface area contributed by atoms with Gasteiger partial charge in [-0.2, -0.15) is 0 Å². The van der Waals surface area contributed by atoms with Crippen molar-refractivity contribution in [1.82, 2.24) is 4.98 Å². The van der Waals surface area contributed by atoms with Crippen LogP contribution in [0.5, 0.6) is 0 Å². The molecule has 1 saturated heterocycles. The molecule has 2 heterocycles.